The van der Waals surface area contributed by atoms with Gasteiger partial charge >= 0.3 is 0 Å². The van der Waals surface area contributed by atoms with E-state index in [1.54, 1.807) is 0 Å². The van der Waals surface area contributed by atoms with E-state index in [9.17, 15) is 0 Å². The highest BCUT2D eigenvalue weighted by Gasteiger charge is 2.20. The summed E-state index contributed by atoms with van der Waals surface area (Å²) in [6, 6.07) is 9.54. The van der Waals surface area contributed by atoms with Crippen LogP contribution < -0.4 is 10.6 Å². The van der Waals surface area contributed by atoms with Crippen molar-refractivity contribution in [3.8, 4) is 0 Å². The molecule has 31 heavy (non-hydrogen) atoms. The van der Waals surface area contributed by atoms with Gasteiger partial charge in [0.05, 0.1) is 6.54 Å². The minimum Gasteiger partial charge on any atom is -0.357 e. The Balaban J connectivity index is 1.45. The quantitative estimate of drug-likeness (QED) is 0.468. The monoisotopic (exact) mass is 428 g/mol. The van der Waals surface area contributed by atoms with E-state index < -0.39 is 0 Å². The zero-order chi connectivity index (χ0) is 21.9. The van der Waals surface area contributed by atoms with Gasteiger partial charge in [0.1, 0.15) is 0 Å². The Morgan fingerprint density at radius 3 is 2.19 bits per heavy atom. The topological polar surface area (TPSA) is 46.1 Å². The van der Waals surface area contributed by atoms with Gasteiger partial charge in [-0.15, -0.1) is 0 Å². The van der Waals surface area contributed by atoms with E-state index in [2.05, 4.69) is 70.4 Å². The molecule has 1 aromatic carbocycles. The Kier molecular flexibility index (Phi) is 10.1. The van der Waals surface area contributed by atoms with Gasteiger partial charge in [-0.2, -0.15) is 0 Å². The summed E-state index contributed by atoms with van der Waals surface area (Å²) in [4.78, 5) is 12.5. The molecule has 0 bridgehead atoms. The predicted octanol–water partition coefficient (Wildman–Crippen LogP) is 2.75. The van der Waals surface area contributed by atoms with Crippen LogP contribution in [0.15, 0.2) is 29.3 Å². The maximum absolute atomic E-state index is 4.83. The lowest BCUT2D eigenvalue weighted by molar-refractivity contribution is 0.107. The first-order valence-corrected chi connectivity index (χ1v) is 12.5. The first-order valence-electron chi connectivity index (χ1n) is 12.5. The first-order chi connectivity index (χ1) is 15.2. The van der Waals surface area contributed by atoms with Crippen molar-refractivity contribution >= 4 is 5.96 Å². The van der Waals surface area contributed by atoms with E-state index in [0.29, 0.717) is 12.6 Å². The molecule has 2 aliphatic rings. The maximum atomic E-state index is 4.83. The molecular weight excluding hydrogens is 384 g/mol. The van der Waals surface area contributed by atoms with E-state index >= 15 is 0 Å². The zero-order valence-electron chi connectivity index (χ0n) is 20.1. The fourth-order valence-corrected chi connectivity index (χ4v) is 4.53. The molecule has 1 aromatic rings. The second-order valence-corrected chi connectivity index (χ2v) is 9.05. The van der Waals surface area contributed by atoms with Gasteiger partial charge < -0.3 is 15.5 Å². The number of rotatable bonds is 9. The SMILES string of the molecule is CCNC(=NCc1ccc(CN2CCCCC2)cc1)NCC(C)N1CCN(CC)CC1. The second kappa shape index (κ2) is 13.0. The Morgan fingerprint density at radius 2 is 1.55 bits per heavy atom. The van der Waals surface area contributed by atoms with E-state index in [1.807, 2.05) is 0 Å². The standard InChI is InChI=1S/C25H44N6/c1-4-26-25(27-19-22(3)31-17-15-29(5-2)16-18-31)28-20-23-9-11-24(12-10-23)21-30-13-7-6-8-14-30/h9-12,22H,4-8,13-21H2,1-3H3,(H2,26,27,28). The van der Waals surface area contributed by atoms with Crippen molar-refractivity contribution in [3.05, 3.63) is 35.4 Å². The number of hydrogen-bond acceptors (Lipinski definition) is 4. The van der Waals surface area contributed by atoms with Crippen molar-refractivity contribution in [1.29, 1.82) is 0 Å². The lowest BCUT2D eigenvalue weighted by atomic mass is 10.1. The van der Waals surface area contributed by atoms with Crippen molar-refractivity contribution < 1.29 is 0 Å². The number of nitrogens with one attached hydrogen (secondary N) is 2. The molecule has 1 atom stereocenters. The van der Waals surface area contributed by atoms with Gasteiger partial charge in [0, 0.05) is 51.9 Å². The van der Waals surface area contributed by atoms with Crippen LogP contribution in [0.5, 0.6) is 0 Å². The number of benzene rings is 1. The molecular formula is C25H44N6. The average molecular weight is 429 g/mol. The number of piperidine rings is 1. The molecule has 2 fully saturated rings. The lowest BCUT2D eigenvalue weighted by Gasteiger charge is -2.37. The highest BCUT2D eigenvalue weighted by atomic mass is 15.3. The number of guanidine groups is 1. The van der Waals surface area contributed by atoms with E-state index in [0.717, 1.165) is 45.2 Å². The van der Waals surface area contributed by atoms with Gasteiger partial charge in [-0.05, 0) is 57.5 Å². The molecule has 2 saturated heterocycles. The summed E-state index contributed by atoms with van der Waals surface area (Å²) in [5.41, 5.74) is 2.68. The van der Waals surface area contributed by atoms with Gasteiger partial charge in [-0.25, -0.2) is 4.99 Å². The summed E-state index contributed by atoms with van der Waals surface area (Å²) < 4.78 is 0. The molecule has 174 valence electrons. The highest BCUT2D eigenvalue weighted by molar-refractivity contribution is 5.79. The van der Waals surface area contributed by atoms with Crippen molar-refractivity contribution in [2.75, 3.05) is 58.9 Å². The Labute approximate surface area is 190 Å². The van der Waals surface area contributed by atoms with Crippen LogP contribution in [-0.4, -0.2) is 85.6 Å². The normalized spacial score (nSPS) is 20.5. The molecule has 6 heteroatoms. The molecule has 0 radical (unpaired) electrons. The average Bonchev–Trinajstić information content (AvgIpc) is 2.82. The third kappa shape index (κ3) is 8.09. The molecule has 0 saturated carbocycles. The molecule has 6 nitrogen and oxygen atoms in total. The smallest absolute Gasteiger partial charge is 0.191 e. The molecule has 2 N–H and O–H groups in total. The van der Waals surface area contributed by atoms with Gasteiger partial charge in [0.15, 0.2) is 5.96 Å². The van der Waals surface area contributed by atoms with Crippen LogP contribution in [0.3, 0.4) is 0 Å². The third-order valence-corrected chi connectivity index (χ3v) is 6.68. The van der Waals surface area contributed by atoms with Crippen LogP contribution in [-0.2, 0) is 13.1 Å². The Hall–Kier alpha value is -1.63. The summed E-state index contributed by atoms with van der Waals surface area (Å²) >= 11 is 0. The molecule has 1 unspecified atom stereocenters. The molecule has 0 spiro atoms. The molecule has 0 amide bonds. The van der Waals surface area contributed by atoms with Crippen LogP contribution in [0.4, 0.5) is 0 Å². The fourth-order valence-electron chi connectivity index (χ4n) is 4.53. The zero-order valence-corrected chi connectivity index (χ0v) is 20.1. The van der Waals surface area contributed by atoms with Crippen LogP contribution >= 0.6 is 0 Å². The van der Waals surface area contributed by atoms with E-state index in [4.69, 9.17) is 4.99 Å². The molecule has 0 aromatic heterocycles. The molecule has 2 heterocycles. The van der Waals surface area contributed by atoms with Crippen molar-refractivity contribution in [2.24, 2.45) is 4.99 Å². The second-order valence-electron chi connectivity index (χ2n) is 9.05. The largest absolute Gasteiger partial charge is 0.357 e. The summed E-state index contributed by atoms with van der Waals surface area (Å²) in [7, 11) is 0. The Bertz CT molecular complexity index is 644. The minimum absolute atomic E-state index is 0.511. The van der Waals surface area contributed by atoms with Gasteiger partial charge in [0.2, 0.25) is 0 Å². The third-order valence-electron chi connectivity index (χ3n) is 6.68. The van der Waals surface area contributed by atoms with Crippen LogP contribution in [0.2, 0.25) is 0 Å². The van der Waals surface area contributed by atoms with Crippen LogP contribution in [0.1, 0.15) is 51.2 Å². The fraction of sp³-hybridized carbons (Fsp3) is 0.720. The van der Waals surface area contributed by atoms with E-state index in [-0.39, 0.29) is 0 Å². The minimum atomic E-state index is 0.511. The number of piperazine rings is 1. The van der Waals surface area contributed by atoms with Gasteiger partial charge in [-0.3, -0.25) is 9.80 Å². The lowest BCUT2D eigenvalue weighted by Crippen LogP contribution is -2.53. The van der Waals surface area contributed by atoms with Crippen molar-refractivity contribution in [1.82, 2.24) is 25.3 Å². The number of likely N-dealkylation sites (tertiary alicyclic amines) is 1. The maximum Gasteiger partial charge on any atom is 0.191 e. The summed E-state index contributed by atoms with van der Waals surface area (Å²) in [6.45, 7) is 18.6. The van der Waals surface area contributed by atoms with Crippen molar-refractivity contribution in [3.63, 3.8) is 0 Å². The van der Waals surface area contributed by atoms with Crippen LogP contribution in [0.25, 0.3) is 0 Å². The summed E-state index contributed by atoms with van der Waals surface area (Å²) in [5.74, 6) is 0.916. The number of likely N-dealkylation sites (N-methyl/N-ethyl adjacent to an activating group) is 1. The van der Waals surface area contributed by atoms with Crippen molar-refractivity contribution in [2.45, 2.75) is 59.2 Å². The first kappa shape index (κ1) is 24.0. The predicted molar refractivity (Wildman–Crippen MR) is 132 cm³/mol. The Morgan fingerprint density at radius 1 is 0.871 bits per heavy atom. The van der Waals surface area contributed by atoms with Gasteiger partial charge in [-0.1, -0.05) is 37.6 Å². The molecule has 2 aliphatic heterocycles. The number of nitrogens with zero attached hydrogens (tertiary/aromatic N) is 4. The summed E-state index contributed by atoms with van der Waals surface area (Å²) in [6.07, 6.45) is 4.09. The number of aliphatic imine (C=N–C) groups is 1. The van der Waals surface area contributed by atoms with Gasteiger partial charge in [0.25, 0.3) is 0 Å². The van der Waals surface area contributed by atoms with Crippen LogP contribution in [0, 0.1) is 0 Å². The molecule has 3 rings (SSSR count). The molecule has 0 aliphatic carbocycles. The highest BCUT2D eigenvalue weighted by Crippen LogP contribution is 2.14. The number of hydrogen-bond donors (Lipinski definition) is 2. The summed E-state index contributed by atoms with van der Waals surface area (Å²) in [5, 5.41) is 6.95. The van der Waals surface area contributed by atoms with E-state index in [1.165, 1.54) is 56.6 Å².